The number of hydrogen-bond acceptors (Lipinski definition) is 5. The Morgan fingerprint density at radius 3 is 2.59 bits per heavy atom. The zero-order valence-corrected chi connectivity index (χ0v) is 18.7. The molecule has 3 aromatic rings. The van der Waals surface area contributed by atoms with E-state index in [1.807, 2.05) is 30.3 Å². The van der Waals surface area contributed by atoms with Crippen LogP contribution >= 0.6 is 0 Å². The summed E-state index contributed by atoms with van der Waals surface area (Å²) in [5, 5.41) is 0.738. The summed E-state index contributed by atoms with van der Waals surface area (Å²) in [5.41, 5.74) is 1.77. The highest BCUT2D eigenvalue weighted by Crippen LogP contribution is 2.30. The Labute approximate surface area is 187 Å². The summed E-state index contributed by atoms with van der Waals surface area (Å²) in [4.78, 5) is 29.7. The molecule has 0 unspecified atom stereocenters. The molecule has 4 rings (SSSR count). The van der Waals surface area contributed by atoms with Gasteiger partial charge in [-0.15, -0.1) is 0 Å². The van der Waals surface area contributed by atoms with Crippen LogP contribution < -0.4 is 0 Å². The molecule has 2 aromatic carbocycles. The fourth-order valence-corrected chi connectivity index (χ4v) is 5.93. The van der Waals surface area contributed by atoms with Crippen molar-refractivity contribution in [1.82, 2.24) is 9.29 Å². The number of para-hydroxylation sites is 1. The summed E-state index contributed by atoms with van der Waals surface area (Å²) in [5.74, 6) is -1.07. The third kappa shape index (κ3) is 4.33. The van der Waals surface area contributed by atoms with Gasteiger partial charge in [0.1, 0.15) is 6.04 Å². The molecule has 2 atom stereocenters. The number of nitrogens with one attached hydrogen (secondary N) is 1. The van der Waals surface area contributed by atoms with Crippen LogP contribution in [0.2, 0.25) is 0 Å². The molecule has 8 heteroatoms. The van der Waals surface area contributed by atoms with Gasteiger partial charge in [0.2, 0.25) is 15.8 Å². The van der Waals surface area contributed by atoms with Crippen molar-refractivity contribution >= 4 is 32.7 Å². The second kappa shape index (κ2) is 9.26. The summed E-state index contributed by atoms with van der Waals surface area (Å²) in [6.07, 6.45) is 1.87. The van der Waals surface area contributed by atoms with Gasteiger partial charge in [-0.2, -0.15) is 4.31 Å². The van der Waals surface area contributed by atoms with Gasteiger partial charge in [0, 0.05) is 34.8 Å². The van der Waals surface area contributed by atoms with E-state index in [-0.39, 0.29) is 18.1 Å². The number of ketones is 1. The van der Waals surface area contributed by atoms with Crippen LogP contribution in [0.15, 0.2) is 60.8 Å². The first-order chi connectivity index (χ1) is 15.4. The number of H-pyrrole nitrogens is 1. The lowest BCUT2D eigenvalue weighted by Gasteiger charge is -2.25. The van der Waals surface area contributed by atoms with Crippen molar-refractivity contribution in [2.75, 3.05) is 12.3 Å². The fourth-order valence-electron chi connectivity index (χ4n) is 4.20. The minimum Gasteiger partial charge on any atom is -0.448 e. The van der Waals surface area contributed by atoms with Gasteiger partial charge in [-0.3, -0.25) is 9.59 Å². The van der Waals surface area contributed by atoms with Crippen LogP contribution in [0.4, 0.5) is 0 Å². The summed E-state index contributed by atoms with van der Waals surface area (Å²) in [7, 11) is -3.55. The van der Waals surface area contributed by atoms with Gasteiger partial charge in [0.15, 0.2) is 6.10 Å². The molecule has 0 saturated carbocycles. The van der Waals surface area contributed by atoms with Gasteiger partial charge in [-0.1, -0.05) is 55.5 Å². The first-order valence-electron chi connectivity index (χ1n) is 10.8. The summed E-state index contributed by atoms with van der Waals surface area (Å²) in [6, 6.07) is 15.3. The minimum atomic E-state index is -3.55. The van der Waals surface area contributed by atoms with Crippen molar-refractivity contribution in [3.63, 3.8) is 0 Å². The fraction of sp³-hybridized carbons (Fsp3) is 0.333. The van der Waals surface area contributed by atoms with E-state index < -0.39 is 28.1 Å². The number of carbonyl (C=O) groups excluding carboxylic acids is 2. The Balaban J connectivity index is 1.65. The maximum absolute atomic E-state index is 13.5. The van der Waals surface area contributed by atoms with E-state index in [0.29, 0.717) is 30.4 Å². The van der Waals surface area contributed by atoms with Crippen LogP contribution in [-0.2, 0) is 19.6 Å². The number of hydrogen-bond donors (Lipinski definition) is 1. The first-order valence-corrected chi connectivity index (χ1v) is 12.4. The van der Waals surface area contributed by atoms with E-state index in [1.165, 1.54) is 4.31 Å². The number of fused-ring (bicyclic) bond motifs is 1. The molecule has 1 saturated heterocycles. The number of nitrogens with zero attached hydrogens (tertiary/aromatic N) is 1. The van der Waals surface area contributed by atoms with E-state index >= 15 is 0 Å². The van der Waals surface area contributed by atoms with Crippen molar-refractivity contribution in [3.8, 4) is 0 Å². The summed E-state index contributed by atoms with van der Waals surface area (Å²) >= 11 is 0. The molecule has 32 heavy (non-hydrogen) atoms. The first kappa shape index (κ1) is 22.2. The Morgan fingerprint density at radius 2 is 1.84 bits per heavy atom. The number of aromatic nitrogens is 1. The molecular weight excluding hydrogens is 428 g/mol. The standard InChI is InChI=1S/C24H26N2O5S/c1-2-15-32(29,30)26-14-8-13-21(26)24(28)31-23(17-9-4-3-5-10-17)22(27)19-16-25-20-12-7-6-11-18(19)20/h3-7,9-12,16,21,23,25H,2,8,13-15H2,1H3/t21-,23+/m1/s1. The van der Waals surface area contributed by atoms with Crippen molar-refractivity contribution in [1.29, 1.82) is 0 Å². The molecule has 0 aliphatic carbocycles. The molecule has 0 bridgehead atoms. The van der Waals surface area contributed by atoms with Crippen molar-refractivity contribution < 1.29 is 22.7 Å². The number of carbonyl (C=O) groups is 2. The average Bonchev–Trinajstić information content (AvgIpc) is 3.45. The molecule has 0 spiro atoms. The van der Waals surface area contributed by atoms with Gasteiger partial charge in [0.05, 0.1) is 5.75 Å². The molecule has 0 radical (unpaired) electrons. The molecule has 1 fully saturated rings. The third-order valence-corrected chi connectivity index (χ3v) is 7.80. The number of aromatic amines is 1. The van der Waals surface area contributed by atoms with E-state index in [1.54, 1.807) is 37.4 Å². The highest BCUT2D eigenvalue weighted by atomic mass is 32.2. The van der Waals surface area contributed by atoms with E-state index in [0.717, 1.165) is 10.9 Å². The Morgan fingerprint density at radius 1 is 1.12 bits per heavy atom. The topological polar surface area (TPSA) is 96.5 Å². The number of benzene rings is 2. The monoisotopic (exact) mass is 454 g/mol. The quantitative estimate of drug-likeness (QED) is 0.412. The predicted molar refractivity (Wildman–Crippen MR) is 122 cm³/mol. The minimum absolute atomic E-state index is 0.0207. The Kier molecular flexibility index (Phi) is 6.43. The van der Waals surface area contributed by atoms with Crippen LogP contribution in [-0.4, -0.2) is 47.8 Å². The van der Waals surface area contributed by atoms with Gasteiger partial charge in [-0.05, 0) is 25.3 Å². The summed E-state index contributed by atoms with van der Waals surface area (Å²) < 4.78 is 32.2. The molecule has 0 amide bonds. The van der Waals surface area contributed by atoms with Gasteiger partial charge >= 0.3 is 5.97 Å². The van der Waals surface area contributed by atoms with Gasteiger partial charge in [0.25, 0.3) is 0 Å². The molecule has 1 aromatic heterocycles. The largest absolute Gasteiger partial charge is 0.448 e. The lowest BCUT2D eigenvalue weighted by molar-refractivity contribution is -0.151. The van der Waals surface area contributed by atoms with Crippen LogP contribution in [0.5, 0.6) is 0 Å². The van der Waals surface area contributed by atoms with Crippen LogP contribution in [0.25, 0.3) is 10.9 Å². The molecule has 1 N–H and O–H groups in total. The van der Waals surface area contributed by atoms with Crippen LogP contribution in [0.1, 0.15) is 48.2 Å². The van der Waals surface area contributed by atoms with E-state index in [2.05, 4.69) is 4.98 Å². The lowest BCUT2D eigenvalue weighted by Crippen LogP contribution is -2.43. The van der Waals surface area contributed by atoms with Crippen molar-refractivity contribution in [2.24, 2.45) is 0 Å². The zero-order chi connectivity index (χ0) is 22.7. The Hall–Kier alpha value is -2.97. The SMILES string of the molecule is CCCS(=O)(=O)N1CCC[C@@H]1C(=O)O[C@H](C(=O)c1c[nH]c2ccccc12)c1ccccc1. The van der Waals surface area contributed by atoms with Crippen LogP contribution in [0, 0.1) is 0 Å². The smallest absolute Gasteiger partial charge is 0.325 e. The third-order valence-electron chi connectivity index (χ3n) is 5.72. The lowest BCUT2D eigenvalue weighted by atomic mass is 9.99. The number of esters is 1. The van der Waals surface area contributed by atoms with E-state index in [4.69, 9.17) is 4.74 Å². The van der Waals surface area contributed by atoms with Gasteiger partial charge in [-0.25, -0.2) is 8.42 Å². The van der Waals surface area contributed by atoms with E-state index in [9.17, 15) is 18.0 Å². The second-order valence-corrected chi connectivity index (χ2v) is 9.97. The highest BCUT2D eigenvalue weighted by Gasteiger charge is 2.41. The molecule has 7 nitrogen and oxygen atoms in total. The molecular formula is C24H26N2O5S. The van der Waals surface area contributed by atoms with Crippen molar-refractivity contribution in [2.45, 2.75) is 38.3 Å². The number of sulfonamides is 1. The number of Topliss-reactive ketones (excluding diaryl/α,β-unsaturated/α-hetero) is 1. The molecule has 2 heterocycles. The van der Waals surface area contributed by atoms with Gasteiger partial charge < -0.3 is 9.72 Å². The summed E-state index contributed by atoms with van der Waals surface area (Å²) in [6.45, 7) is 2.07. The number of ether oxygens (including phenoxy) is 1. The van der Waals surface area contributed by atoms with Crippen LogP contribution in [0.3, 0.4) is 0 Å². The molecule has 1 aliphatic rings. The second-order valence-electron chi connectivity index (χ2n) is 7.92. The zero-order valence-electron chi connectivity index (χ0n) is 17.9. The maximum atomic E-state index is 13.5. The van der Waals surface area contributed by atoms with Crippen molar-refractivity contribution in [3.05, 3.63) is 71.9 Å². The Bertz CT molecular complexity index is 1220. The normalized spacial score (nSPS) is 18.0. The maximum Gasteiger partial charge on any atom is 0.325 e. The molecule has 1 aliphatic heterocycles. The predicted octanol–water partition coefficient (Wildman–Crippen LogP) is 3.84. The molecule has 168 valence electrons. The average molecular weight is 455 g/mol. The highest BCUT2D eigenvalue weighted by molar-refractivity contribution is 7.89. The number of rotatable bonds is 8.